The van der Waals surface area contributed by atoms with Gasteiger partial charge in [-0.25, -0.2) is 0 Å². The first-order valence-electron chi connectivity index (χ1n) is 7.43. The van der Waals surface area contributed by atoms with Crippen LogP contribution in [0.3, 0.4) is 0 Å². The number of nitrogens with zero attached hydrogens (tertiary/aromatic N) is 1. The lowest BCUT2D eigenvalue weighted by atomic mass is 9.90. The molecule has 0 saturated carbocycles. The lowest BCUT2D eigenvalue weighted by molar-refractivity contribution is -0.127. The van der Waals surface area contributed by atoms with Crippen LogP contribution in [0.5, 0.6) is 0 Å². The molecule has 20 heavy (non-hydrogen) atoms. The third-order valence-corrected chi connectivity index (χ3v) is 3.60. The summed E-state index contributed by atoms with van der Waals surface area (Å²) < 4.78 is 36.9. The van der Waals surface area contributed by atoms with Crippen LogP contribution in [-0.2, 0) is 0 Å². The van der Waals surface area contributed by atoms with E-state index in [4.69, 9.17) is 5.11 Å². The van der Waals surface area contributed by atoms with Gasteiger partial charge in [-0.2, -0.15) is 13.2 Å². The number of nitrogens with one attached hydrogen (secondary N) is 1. The predicted molar refractivity (Wildman–Crippen MR) is 73.6 cm³/mol. The van der Waals surface area contributed by atoms with Gasteiger partial charge in [-0.1, -0.05) is 13.8 Å². The highest BCUT2D eigenvalue weighted by molar-refractivity contribution is 4.84. The number of piperidine rings is 1. The van der Waals surface area contributed by atoms with Crippen LogP contribution in [-0.4, -0.2) is 55.0 Å². The highest BCUT2D eigenvalue weighted by atomic mass is 19.4. The molecule has 0 aliphatic carbocycles. The van der Waals surface area contributed by atoms with Crippen molar-refractivity contribution >= 4 is 0 Å². The Hall–Kier alpha value is -0.330. The van der Waals surface area contributed by atoms with Crippen molar-refractivity contribution in [1.82, 2.24) is 10.2 Å². The standard InChI is InChI=1S/C14H27F3N2O/c1-11(2)7-19-8-12(4-3-5-20)6-13(9-19)18-10-14(15,16)17/h11-13,18,20H,3-10H2,1-2H3. The SMILES string of the molecule is CC(C)CN1CC(CCCO)CC(NCC(F)(F)F)C1. The molecule has 1 aliphatic heterocycles. The van der Waals surface area contributed by atoms with Crippen molar-refractivity contribution in [1.29, 1.82) is 0 Å². The molecule has 2 N–H and O–H groups in total. The molecule has 0 radical (unpaired) electrons. The lowest BCUT2D eigenvalue weighted by Gasteiger charge is -2.39. The fourth-order valence-electron chi connectivity index (χ4n) is 2.97. The van der Waals surface area contributed by atoms with Crippen LogP contribution in [0.15, 0.2) is 0 Å². The van der Waals surface area contributed by atoms with E-state index in [1.54, 1.807) is 0 Å². The number of aliphatic hydroxyl groups is 1. The van der Waals surface area contributed by atoms with Crippen molar-refractivity contribution < 1.29 is 18.3 Å². The number of halogens is 3. The first-order valence-corrected chi connectivity index (χ1v) is 7.43. The van der Waals surface area contributed by atoms with E-state index >= 15 is 0 Å². The van der Waals surface area contributed by atoms with Gasteiger partial charge in [-0.15, -0.1) is 0 Å². The quantitative estimate of drug-likeness (QED) is 0.756. The molecule has 2 atom stereocenters. The van der Waals surface area contributed by atoms with Gasteiger partial charge in [0.1, 0.15) is 0 Å². The molecular formula is C14H27F3N2O. The van der Waals surface area contributed by atoms with E-state index in [1.807, 2.05) is 0 Å². The summed E-state index contributed by atoms with van der Waals surface area (Å²) in [4.78, 5) is 2.25. The van der Waals surface area contributed by atoms with Gasteiger partial charge >= 0.3 is 6.18 Å². The van der Waals surface area contributed by atoms with Gasteiger partial charge in [-0.3, -0.25) is 0 Å². The molecular weight excluding hydrogens is 269 g/mol. The number of hydrogen-bond acceptors (Lipinski definition) is 3. The van der Waals surface area contributed by atoms with E-state index in [-0.39, 0.29) is 12.6 Å². The molecule has 0 spiro atoms. The second kappa shape index (κ2) is 8.20. The van der Waals surface area contributed by atoms with Crippen molar-refractivity contribution in [3.05, 3.63) is 0 Å². The molecule has 1 saturated heterocycles. The van der Waals surface area contributed by atoms with Crippen molar-refractivity contribution in [3.63, 3.8) is 0 Å². The molecule has 1 aliphatic rings. The highest BCUT2D eigenvalue weighted by Gasteiger charge is 2.32. The van der Waals surface area contributed by atoms with Gasteiger partial charge in [0, 0.05) is 32.3 Å². The summed E-state index contributed by atoms with van der Waals surface area (Å²) in [6.45, 7) is 6.01. The summed E-state index contributed by atoms with van der Waals surface area (Å²) >= 11 is 0. The first-order chi connectivity index (χ1) is 9.30. The molecule has 0 aromatic carbocycles. The molecule has 0 aromatic heterocycles. The molecule has 6 heteroatoms. The Morgan fingerprint density at radius 1 is 1.30 bits per heavy atom. The predicted octanol–water partition coefficient (Wildman–Crippen LogP) is 2.26. The van der Waals surface area contributed by atoms with Crippen LogP contribution in [0.1, 0.15) is 33.1 Å². The molecule has 0 bridgehead atoms. The lowest BCUT2D eigenvalue weighted by Crippen LogP contribution is -2.51. The summed E-state index contributed by atoms with van der Waals surface area (Å²) in [5.41, 5.74) is 0. The van der Waals surface area contributed by atoms with Crippen molar-refractivity contribution in [2.45, 2.75) is 45.3 Å². The zero-order chi connectivity index (χ0) is 15.2. The fraction of sp³-hybridized carbons (Fsp3) is 1.00. The normalized spacial score (nSPS) is 25.4. The molecule has 1 fully saturated rings. The van der Waals surface area contributed by atoms with Crippen LogP contribution in [0.25, 0.3) is 0 Å². The van der Waals surface area contributed by atoms with E-state index in [9.17, 15) is 13.2 Å². The maximum absolute atomic E-state index is 12.3. The Kier molecular flexibility index (Phi) is 7.26. The average molecular weight is 296 g/mol. The second-order valence-corrected chi connectivity index (χ2v) is 6.27. The average Bonchev–Trinajstić information content (AvgIpc) is 2.32. The van der Waals surface area contributed by atoms with Crippen LogP contribution in [0.4, 0.5) is 13.2 Å². The second-order valence-electron chi connectivity index (χ2n) is 6.27. The number of rotatable bonds is 7. The van der Waals surface area contributed by atoms with Crippen molar-refractivity contribution in [2.75, 3.05) is 32.8 Å². The zero-order valence-electron chi connectivity index (χ0n) is 12.4. The third kappa shape index (κ3) is 7.45. The molecule has 0 amide bonds. The fourth-order valence-corrected chi connectivity index (χ4v) is 2.97. The maximum Gasteiger partial charge on any atom is 0.401 e. The first kappa shape index (κ1) is 17.7. The molecule has 1 heterocycles. The van der Waals surface area contributed by atoms with Gasteiger partial charge in [0.15, 0.2) is 0 Å². The van der Waals surface area contributed by atoms with E-state index < -0.39 is 12.7 Å². The van der Waals surface area contributed by atoms with Gasteiger partial charge in [-0.05, 0) is 31.1 Å². The van der Waals surface area contributed by atoms with Gasteiger partial charge in [0.2, 0.25) is 0 Å². The summed E-state index contributed by atoms with van der Waals surface area (Å²) in [6, 6.07) is -0.104. The monoisotopic (exact) mass is 296 g/mol. The molecule has 3 nitrogen and oxygen atoms in total. The van der Waals surface area contributed by atoms with E-state index in [0.29, 0.717) is 18.4 Å². The summed E-state index contributed by atoms with van der Waals surface area (Å²) in [5, 5.41) is 11.5. The highest BCUT2D eigenvalue weighted by Crippen LogP contribution is 2.23. The summed E-state index contributed by atoms with van der Waals surface area (Å²) in [5.74, 6) is 0.884. The summed E-state index contributed by atoms with van der Waals surface area (Å²) in [6.07, 6.45) is -1.77. The molecule has 120 valence electrons. The minimum absolute atomic E-state index is 0.104. The van der Waals surface area contributed by atoms with E-state index in [1.165, 1.54) is 0 Å². The maximum atomic E-state index is 12.3. The van der Waals surface area contributed by atoms with Crippen LogP contribution < -0.4 is 5.32 Å². The minimum Gasteiger partial charge on any atom is -0.396 e. The van der Waals surface area contributed by atoms with Crippen LogP contribution >= 0.6 is 0 Å². The van der Waals surface area contributed by atoms with Crippen LogP contribution in [0, 0.1) is 11.8 Å². The Morgan fingerprint density at radius 2 is 2.00 bits per heavy atom. The summed E-state index contributed by atoms with van der Waals surface area (Å²) in [7, 11) is 0. The molecule has 0 aromatic rings. The number of likely N-dealkylation sites (tertiary alicyclic amines) is 1. The Morgan fingerprint density at radius 3 is 2.55 bits per heavy atom. The number of alkyl halides is 3. The Bertz CT molecular complexity index is 272. The van der Waals surface area contributed by atoms with Gasteiger partial charge in [0.25, 0.3) is 0 Å². The third-order valence-electron chi connectivity index (χ3n) is 3.60. The van der Waals surface area contributed by atoms with Crippen molar-refractivity contribution in [2.24, 2.45) is 11.8 Å². The van der Waals surface area contributed by atoms with E-state index in [2.05, 4.69) is 24.1 Å². The zero-order valence-corrected chi connectivity index (χ0v) is 12.4. The van der Waals surface area contributed by atoms with Gasteiger partial charge < -0.3 is 15.3 Å². The van der Waals surface area contributed by atoms with Crippen molar-refractivity contribution in [3.8, 4) is 0 Å². The molecule has 1 rings (SSSR count). The smallest absolute Gasteiger partial charge is 0.396 e. The van der Waals surface area contributed by atoms with Gasteiger partial charge in [0.05, 0.1) is 6.54 Å². The molecule has 2 unspecified atom stereocenters. The largest absolute Gasteiger partial charge is 0.401 e. The minimum atomic E-state index is -4.15. The Balaban J connectivity index is 2.50. The Labute approximate surface area is 119 Å². The number of aliphatic hydroxyl groups excluding tert-OH is 1. The topological polar surface area (TPSA) is 35.5 Å². The number of hydrogen-bond donors (Lipinski definition) is 2. The van der Waals surface area contributed by atoms with E-state index in [0.717, 1.165) is 32.4 Å². The van der Waals surface area contributed by atoms with Crippen LogP contribution in [0.2, 0.25) is 0 Å².